The SMILES string of the molecule is C#CC(C)(C)COC(=O)/C=C\C(=O)O. The fraction of sp³-hybridized carbons (Fsp3) is 0.400. The van der Waals surface area contributed by atoms with Gasteiger partial charge in [-0.3, -0.25) is 0 Å². The van der Waals surface area contributed by atoms with Crippen LogP contribution in [0.25, 0.3) is 0 Å². The Kier molecular flexibility index (Phi) is 4.44. The first-order valence-electron chi connectivity index (χ1n) is 3.93. The Labute approximate surface area is 82.6 Å². The predicted molar refractivity (Wildman–Crippen MR) is 50.3 cm³/mol. The minimum Gasteiger partial charge on any atom is -0.478 e. The monoisotopic (exact) mass is 196 g/mol. The van der Waals surface area contributed by atoms with Gasteiger partial charge in [-0.15, -0.1) is 6.42 Å². The average Bonchev–Trinajstić information content (AvgIpc) is 2.11. The molecule has 0 fully saturated rings. The molecule has 0 aromatic carbocycles. The number of carboxylic acid groups (broad SMARTS) is 1. The number of rotatable bonds is 4. The molecule has 0 rings (SSSR count). The summed E-state index contributed by atoms with van der Waals surface area (Å²) in [5.74, 6) is 0.535. The molecule has 4 nitrogen and oxygen atoms in total. The van der Waals surface area contributed by atoms with Crippen molar-refractivity contribution in [3.63, 3.8) is 0 Å². The Balaban J connectivity index is 4.00. The molecule has 0 saturated carbocycles. The van der Waals surface area contributed by atoms with E-state index in [2.05, 4.69) is 5.92 Å². The van der Waals surface area contributed by atoms with Crippen LogP contribution >= 0.6 is 0 Å². The first kappa shape index (κ1) is 12.2. The van der Waals surface area contributed by atoms with E-state index in [4.69, 9.17) is 16.3 Å². The van der Waals surface area contributed by atoms with Crippen molar-refractivity contribution < 1.29 is 19.4 Å². The number of carboxylic acids is 1. The fourth-order valence-electron chi connectivity index (χ4n) is 0.481. The molecule has 0 bridgehead atoms. The molecule has 76 valence electrons. The normalized spacial score (nSPS) is 10.9. The highest BCUT2D eigenvalue weighted by Crippen LogP contribution is 2.12. The third-order valence-corrected chi connectivity index (χ3v) is 1.33. The molecule has 0 amide bonds. The smallest absolute Gasteiger partial charge is 0.331 e. The summed E-state index contributed by atoms with van der Waals surface area (Å²) >= 11 is 0. The number of hydrogen-bond donors (Lipinski definition) is 1. The summed E-state index contributed by atoms with van der Waals surface area (Å²) in [5.41, 5.74) is -0.535. The van der Waals surface area contributed by atoms with Crippen LogP contribution in [0.15, 0.2) is 12.2 Å². The van der Waals surface area contributed by atoms with Gasteiger partial charge in [0.25, 0.3) is 0 Å². The number of terminal acetylenes is 1. The first-order valence-corrected chi connectivity index (χ1v) is 3.93. The molecule has 0 atom stereocenters. The second-order valence-electron chi connectivity index (χ2n) is 3.31. The van der Waals surface area contributed by atoms with Gasteiger partial charge < -0.3 is 9.84 Å². The van der Waals surface area contributed by atoms with Crippen LogP contribution in [0.1, 0.15) is 13.8 Å². The first-order chi connectivity index (χ1) is 6.37. The van der Waals surface area contributed by atoms with Crippen LogP contribution in [0.3, 0.4) is 0 Å². The van der Waals surface area contributed by atoms with Crippen molar-refractivity contribution in [2.75, 3.05) is 6.61 Å². The van der Waals surface area contributed by atoms with Gasteiger partial charge in [-0.1, -0.05) is 5.92 Å². The van der Waals surface area contributed by atoms with Crippen LogP contribution in [0, 0.1) is 17.8 Å². The zero-order chi connectivity index (χ0) is 11.2. The van der Waals surface area contributed by atoms with Crippen LogP contribution in [0.2, 0.25) is 0 Å². The van der Waals surface area contributed by atoms with Crippen LogP contribution in [0.4, 0.5) is 0 Å². The fourth-order valence-corrected chi connectivity index (χ4v) is 0.481. The third-order valence-electron chi connectivity index (χ3n) is 1.33. The summed E-state index contributed by atoms with van der Waals surface area (Å²) in [6.07, 6.45) is 6.72. The van der Waals surface area contributed by atoms with Crippen molar-refractivity contribution in [1.82, 2.24) is 0 Å². The van der Waals surface area contributed by atoms with Crippen molar-refractivity contribution in [3.8, 4) is 12.3 Å². The average molecular weight is 196 g/mol. The van der Waals surface area contributed by atoms with Crippen molar-refractivity contribution >= 4 is 11.9 Å². The van der Waals surface area contributed by atoms with E-state index in [1.807, 2.05) is 0 Å². The number of carbonyl (C=O) groups is 2. The van der Waals surface area contributed by atoms with E-state index in [9.17, 15) is 9.59 Å². The minimum absolute atomic E-state index is 0.0618. The van der Waals surface area contributed by atoms with Crippen molar-refractivity contribution in [3.05, 3.63) is 12.2 Å². The second kappa shape index (κ2) is 5.07. The summed E-state index contributed by atoms with van der Waals surface area (Å²) in [5, 5.41) is 8.21. The number of aliphatic carboxylic acids is 1. The minimum atomic E-state index is -1.20. The standard InChI is InChI=1S/C10H12O4/c1-4-10(2,3)7-14-9(13)6-5-8(11)12/h1,5-6H,7H2,2-3H3,(H,11,12)/b6-5-. The quantitative estimate of drug-likeness (QED) is 0.411. The summed E-state index contributed by atoms with van der Waals surface area (Å²) in [6.45, 7) is 3.54. The van der Waals surface area contributed by atoms with Crippen molar-refractivity contribution in [2.24, 2.45) is 5.41 Å². The van der Waals surface area contributed by atoms with E-state index in [0.717, 1.165) is 6.08 Å². The number of hydrogen-bond acceptors (Lipinski definition) is 3. The molecule has 1 N–H and O–H groups in total. The van der Waals surface area contributed by atoms with Gasteiger partial charge in [-0.2, -0.15) is 0 Å². The van der Waals surface area contributed by atoms with E-state index in [1.165, 1.54) is 0 Å². The molecule has 0 heterocycles. The molecule has 0 saturated heterocycles. The summed E-state index contributed by atoms with van der Waals surface area (Å²) < 4.78 is 4.72. The molecule has 0 aromatic rings. The van der Waals surface area contributed by atoms with Crippen LogP contribution in [0.5, 0.6) is 0 Å². The Bertz CT molecular complexity index is 294. The lowest BCUT2D eigenvalue weighted by Crippen LogP contribution is -2.19. The highest BCUT2D eigenvalue weighted by Gasteiger charge is 2.15. The number of carbonyl (C=O) groups excluding carboxylic acids is 1. The topological polar surface area (TPSA) is 63.6 Å². The maximum atomic E-state index is 10.9. The summed E-state index contributed by atoms with van der Waals surface area (Å²) in [6, 6.07) is 0. The maximum absolute atomic E-state index is 10.9. The van der Waals surface area contributed by atoms with Gasteiger partial charge in [0.15, 0.2) is 0 Å². The molecular formula is C10H12O4. The molecule has 0 spiro atoms. The summed E-state index contributed by atoms with van der Waals surface area (Å²) in [4.78, 5) is 20.9. The van der Waals surface area contributed by atoms with Gasteiger partial charge in [-0.25, -0.2) is 9.59 Å². The molecule has 0 aromatic heterocycles. The lowest BCUT2D eigenvalue weighted by atomic mass is 9.97. The molecule has 4 heteroatoms. The maximum Gasteiger partial charge on any atom is 0.331 e. The van der Waals surface area contributed by atoms with Gasteiger partial charge in [0.2, 0.25) is 0 Å². The van der Waals surface area contributed by atoms with E-state index in [0.29, 0.717) is 6.08 Å². The van der Waals surface area contributed by atoms with Crippen LogP contribution in [-0.2, 0) is 14.3 Å². The molecular weight excluding hydrogens is 184 g/mol. The van der Waals surface area contributed by atoms with E-state index < -0.39 is 17.4 Å². The van der Waals surface area contributed by atoms with E-state index in [1.54, 1.807) is 13.8 Å². The Hall–Kier alpha value is -1.76. The Morgan fingerprint density at radius 2 is 2.07 bits per heavy atom. The zero-order valence-electron chi connectivity index (χ0n) is 8.11. The number of esters is 1. The molecule has 0 unspecified atom stereocenters. The Morgan fingerprint density at radius 1 is 1.50 bits per heavy atom. The van der Waals surface area contributed by atoms with Crippen molar-refractivity contribution in [1.29, 1.82) is 0 Å². The van der Waals surface area contributed by atoms with Gasteiger partial charge in [0.1, 0.15) is 6.61 Å². The largest absolute Gasteiger partial charge is 0.478 e. The Morgan fingerprint density at radius 3 is 2.50 bits per heavy atom. The van der Waals surface area contributed by atoms with E-state index in [-0.39, 0.29) is 6.61 Å². The molecule has 0 aliphatic heterocycles. The predicted octanol–water partition coefficient (Wildman–Crippen LogP) is 0.830. The van der Waals surface area contributed by atoms with Crippen LogP contribution < -0.4 is 0 Å². The van der Waals surface area contributed by atoms with E-state index >= 15 is 0 Å². The second-order valence-corrected chi connectivity index (χ2v) is 3.31. The van der Waals surface area contributed by atoms with Gasteiger partial charge in [0, 0.05) is 12.2 Å². The summed E-state index contributed by atoms with van der Waals surface area (Å²) in [7, 11) is 0. The van der Waals surface area contributed by atoms with Gasteiger partial charge >= 0.3 is 11.9 Å². The molecule has 14 heavy (non-hydrogen) atoms. The van der Waals surface area contributed by atoms with Gasteiger partial charge in [-0.05, 0) is 13.8 Å². The third kappa shape index (κ3) is 5.84. The van der Waals surface area contributed by atoms with Gasteiger partial charge in [0.05, 0.1) is 5.41 Å². The van der Waals surface area contributed by atoms with Crippen LogP contribution in [-0.4, -0.2) is 23.7 Å². The molecule has 0 aliphatic carbocycles. The number of ether oxygens (including phenoxy) is 1. The highest BCUT2D eigenvalue weighted by atomic mass is 16.5. The molecule has 0 radical (unpaired) electrons. The lowest BCUT2D eigenvalue weighted by molar-refractivity contribution is -0.140. The molecule has 0 aliphatic rings. The van der Waals surface area contributed by atoms with Crippen molar-refractivity contribution in [2.45, 2.75) is 13.8 Å². The highest BCUT2D eigenvalue weighted by molar-refractivity contribution is 5.90. The zero-order valence-corrected chi connectivity index (χ0v) is 8.11. The lowest BCUT2D eigenvalue weighted by Gasteiger charge is -2.15.